The molecule has 0 fully saturated rings. The summed E-state index contributed by atoms with van der Waals surface area (Å²) in [7, 11) is 1.73. The Morgan fingerprint density at radius 3 is 2.58 bits per heavy atom. The van der Waals surface area contributed by atoms with E-state index in [2.05, 4.69) is 10.1 Å². The van der Waals surface area contributed by atoms with Crippen LogP contribution in [0, 0.1) is 0 Å². The van der Waals surface area contributed by atoms with E-state index in [9.17, 15) is 4.79 Å². The van der Waals surface area contributed by atoms with Crippen molar-refractivity contribution >= 4 is 29.3 Å². The number of hydrogen-bond acceptors (Lipinski definition) is 5. The van der Waals surface area contributed by atoms with Gasteiger partial charge in [-0.25, -0.2) is 0 Å². The predicted molar refractivity (Wildman–Crippen MR) is 103 cm³/mol. The van der Waals surface area contributed by atoms with Crippen LogP contribution in [0.2, 0.25) is 5.02 Å². The molecule has 2 aromatic carbocycles. The average molecular weight is 388 g/mol. The van der Waals surface area contributed by atoms with Crippen molar-refractivity contribution in [2.75, 3.05) is 7.05 Å². The van der Waals surface area contributed by atoms with Crippen LogP contribution in [-0.2, 0) is 11.3 Å². The van der Waals surface area contributed by atoms with Crippen LogP contribution in [-0.4, -0.2) is 33.2 Å². The van der Waals surface area contributed by atoms with Gasteiger partial charge in [-0.1, -0.05) is 47.1 Å². The fraction of sp³-hybridized carbons (Fsp3) is 0.211. The Kier molecular flexibility index (Phi) is 5.96. The Morgan fingerprint density at radius 1 is 1.19 bits per heavy atom. The Bertz CT molecular complexity index is 868. The summed E-state index contributed by atoms with van der Waals surface area (Å²) >= 11 is 7.37. The van der Waals surface area contributed by atoms with Crippen LogP contribution >= 0.6 is 23.4 Å². The van der Waals surface area contributed by atoms with Gasteiger partial charge in [0.2, 0.25) is 17.6 Å². The number of carbonyl (C=O) groups is 1. The van der Waals surface area contributed by atoms with E-state index < -0.39 is 0 Å². The number of hydrogen-bond donors (Lipinski definition) is 0. The van der Waals surface area contributed by atoms with E-state index >= 15 is 0 Å². The smallest absolute Gasteiger partial charge is 0.246 e. The molecule has 0 aliphatic heterocycles. The van der Waals surface area contributed by atoms with Crippen molar-refractivity contribution in [1.82, 2.24) is 15.0 Å². The summed E-state index contributed by atoms with van der Waals surface area (Å²) in [5, 5.41) is 4.42. The Morgan fingerprint density at radius 2 is 1.88 bits per heavy atom. The topological polar surface area (TPSA) is 59.2 Å². The third-order valence-electron chi connectivity index (χ3n) is 3.72. The van der Waals surface area contributed by atoms with Gasteiger partial charge in [0.05, 0.1) is 11.8 Å². The summed E-state index contributed by atoms with van der Waals surface area (Å²) in [5.74, 6) is 0.915. The van der Waals surface area contributed by atoms with Crippen LogP contribution in [0.1, 0.15) is 12.8 Å². The van der Waals surface area contributed by atoms with Gasteiger partial charge in [-0.2, -0.15) is 4.98 Å². The van der Waals surface area contributed by atoms with Crippen molar-refractivity contribution < 1.29 is 9.32 Å². The van der Waals surface area contributed by atoms with Gasteiger partial charge in [-0.3, -0.25) is 4.79 Å². The maximum Gasteiger partial charge on any atom is 0.246 e. The number of aromatic nitrogens is 2. The maximum atomic E-state index is 12.6. The highest BCUT2D eigenvalue weighted by atomic mass is 35.5. The Balaban J connectivity index is 1.60. The van der Waals surface area contributed by atoms with Gasteiger partial charge in [0.15, 0.2) is 0 Å². The lowest BCUT2D eigenvalue weighted by Gasteiger charge is -2.19. The number of carbonyl (C=O) groups excluding carboxylic acids is 1. The lowest BCUT2D eigenvalue weighted by molar-refractivity contribution is -0.129. The largest absolute Gasteiger partial charge is 0.337 e. The van der Waals surface area contributed by atoms with E-state index in [-0.39, 0.29) is 17.7 Å². The van der Waals surface area contributed by atoms with Crippen molar-refractivity contribution in [3.63, 3.8) is 0 Å². The Hall–Kier alpha value is -2.31. The first-order valence-electron chi connectivity index (χ1n) is 8.08. The van der Waals surface area contributed by atoms with E-state index in [1.807, 2.05) is 61.5 Å². The molecule has 0 saturated heterocycles. The third-order valence-corrected chi connectivity index (χ3v) is 5.07. The maximum absolute atomic E-state index is 12.6. The van der Waals surface area contributed by atoms with E-state index in [0.717, 1.165) is 10.5 Å². The first-order valence-corrected chi connectivity index (χ1v) is 9.34. The van der Waals surface area contributed by atoms with Crippen LogP contribution in [0.25, 0.3) is 11.4 Å². The van der Waals surface area contributed by atoms with E-state index in [0.29, 0.717) is 16.7 Å². The zero-order chi connectivity index (χ0) is 18.5. The number of nitrogens with zero attached hydrogens (tertiary/aromatic N) is 3. The molecule has 1 atom stereocenters. The van der Waals surface area contributed by atoms with E-state index in [1.165, 1.54) is 11.8 Å². The molecule has 3 aromatic rings. The van der Waals surface area contributed by atoms with Crippen LogP contribution < -0.4 is 0 Å². The molecule has 26 heavy (non-hydrogen) atoms. The number of halogens is 1. The summed E-state index contributed by atoms with van der Waals surface area (Å²) in [4.78, 5) is 19.5. The highest BCUT2D eigenvalue weighted by molar-refractivity contribution is 8.00. The second-order valence-corrected chi connectivity index (χ2v) is 7.64. The molecule has 1 amide bonds. The van der Waals surface area contributed by atoms with Gasteiger partial charge >= 0.3 is 0 Å². The summed E-state index contributed by atoms with van der Waals surface area (Å²) in [6, 6.07) is 17.0. The minimum atomic E-state index is -0.238. The quantitative estimate of drug-likeness (QED) is 0.581. The molecule has 0 bridgehead atoms. The minimum Gasteiger partial charge on any atom is -0.337 e. The summed E-state index contributed by atoms with van der Waals surface area (Å²) < 4.78 is 5.27. The molecule has 134 valence electrons. The molecule has 3 rings (SSSR count). The fourth-order valence-electron chi connectivity index (χ4n) is 2.38. The third kappa shape index (κ3) is 4.65. The molecular formula is C19H18ClN3O2S. The minimum absolute atomic E-state index is 0.00980. The number of amides is 1. The highest BCUT2D eigenvalue weighted by Crippen LogP contribution is 2.26. The van der Waals surface area contributed by atoms with Crippen LogP contribution in [0.5, 0.6) is 0 Å². The van der Waals surface area contributed by atoms with Crippen molar-refractivity contribution in [1.29, 1.82) is 0 Å². The highest BCUT2D eigenvalue weighted by Gasteiger charge is 2.21. The molecule has 0 aliphatic carbocycles. The van der Waals surface area contributed by atoms with Crippen LogP contribution in [0.15, 0.2) is 64.0 Å². The van der Waals surface area contributed by atoms with Gasteiger partial charge in [-0.05, 0) is 31.2 Å². The molecule has 0 radical (unpaired) electrons. The van der Waals surface area contributed by atoms with Gasteiger partial charge in [0, 0.05) is 22.5 Å². The van der Waals surface area contributed by atoms with E-state index in [4.69, 9.17) is 16.1 Å². The lowest BCUT2D eigenvalue weighted by Crippen LogP contribution is -2.32. The molecule has 0 N–H and O–H groups in total. The van der Waals surface area contributed by atoms with Gasteiger partial charge in [0.1, 0.15) is 0 Å². The normalized spacial score (nSPS) is 12.0. The molecule has 5 nitrogen and oxygen atoms in total. The number of thioether (sulfide) groups is 1. The molecule has 0 aliphatic rings. The van der Waals surface area contributed by atoms with Crippen molar-refractivity contribution in [2.24, 2.45) is 0 Å². The molecule has 1 unspecified atom stereocenters. The summed E-state index contributed by atoms with van der Waals surface area (Å²) in [6.45, 7) is 2.14. The van der Waals surface area contributed by atoms with Crippen molar-refractivity contribution in [3.05, 3.63) is 65.5 Å². The molecule has 1 aromatic heterocycles. The second-order valence-electron chi connectivity index (χ2n) is 5.79. The molecule has 7 heteroatoms. The molecule has 1 heterocycles. The Labute approximate surface area is 161 Å². The summed E-state index contributed by atoms with van der Waals surface area (Å²) in [6.07, 6.45) is 0. The van der Waals surface area contributed by atoms with Crippen molar-refractivity contribution in [2.45, 2.75) is 23.6 Å². The fourth-order valence-corrected chi connectivity index (χ4v) is 3.49. The van der Waals surface area contributed by atoms with E-state index in [1.54, 1.807) is 11.9 Å². The second kappa shape index (κ2) is 8.38. The first-order chi connectivity index (χ1) is 12.5. The monoisotopic (exact) mass is 387 g/mol. The van der Waals surface area contributed by atoms with Gasteiger partial charge < -0.3 is 9.42 Å². The zero-order valence-electron chi connectivity index (χ0n) is 14.4. The van der Waals surface area contributed by atoms with Gasteiger partial charge in [0.25, 0.3) is 0 Å². The standard InChI is InChI=1S/C19H18ClN3O2S/c1-13(26-16-10-8-15(20)9-11-16)19(24)23(2)12-17-21-18(22-25-17)14-6-4-3-5-7-14/h3-11,13H,12H2,1-2H3. The number of rotatable bonds is 6. The van der Waals surface area contributed by atoms with Crippen LogP contribution in [0.4, 0.5) is 0 Å². The molecular weight excluding hydrogens is 370 g/mol. The molecule has 0 saturated carbocycles. The number of benzene rings is 2. The zero-order valence-corrected chi connectivity index (χ0v) is 16.0. The average Bonchev–Trinajstić information content (AvgIpc) is 3.12. The molecule has 0 spiro atoms. The van der Waals surface area contributed by atoms with Gasteiger partial charge in [-0.15, -0.1) is 11.8 Å². The lowest BCUT2D eigenvalue weighted by atomic mass is 10.2. The van der Waals surface area contributed by atoms with Crippen molar-refractivity contribution in [3.8, 4) is 11.4 Å². The SMILES string of the molecule is CC(Sc1ccc(Cl)cc1)C(=O)N(C)Cc1nc(-c2ccccc2)no1. The first kappa shape index (κ1) is 18.5. The van der Waals surface area contributed by atoms with Crippen LogP contribution in [0.3, 0.4) is 0 Å². The summed E-state index contributed by atoms with van der Waals surface area (Å²) in [5.41, 5.74) is 0.878. The predicted octanol–water partition coefficient (Wildman–Crippen LogP) is 4.53.